The minimum absolute atomic E-state index is 0.0851. The van der Waals surface area contributed by atoms with Gasteiger partial charge in [0.25, 0.3) is 0 Å². The standard InChI is InChI=1S/C16H16N8O4S2.C2HF3O2/c17-5-8-29(25,26)12-2-1-10(9-3-6-19-15-11(9)4-7-20-15)13(14(12)30(18,27)28)16-21-23-24-22-16;3-2(4,5)1(6)7/h1-4,6-7H,5,8,17H2,(H,19,20)(H2,18,27,28)(H,21,22,23,24);(H,6,7). The molecule has 0 radical (unpaired) electrons. The molecule has 0 saturated heterocycles. The van der Waals surface area contributed by atoms with Crippen LogP contribution in [0.4, 0.5) is 13.2 Å². The molecule has 0 saturated carbocycles. The number of aromatic nitrogens is 6. The molecule has 0 bridgehead atoms. The van der Waals surface area contributed by atoms with Crippen LogP contribution in [0.15, 0.2) is 46.5 Å². The zero-order valence-electron chi connectivity index (χ0n) is 18.3. The number of nitrogens with one attached hydrogen (secondary N) is 2. The first-order valence-corrected chi connectivity index (χ1v) is 13.0. The van der Waals surface area contributed by atoms with Gasteiger partial charge in [-0.1, -0.05) is 6.07 Å². The first-order chi connectivity index (χ1) is 17.2. The lowest BCUT2D eigenvalue weighted by molar-refractivity contribution is -0.192. The van der Waals surface area contributed by atoms with Gasteiger partial charge >= 0.3 is 12.1 Å². The average molecular weight is 563 g/mol. The Morgan fingerprint density at radius 1 is 1.08 bits per heavy atom. The number of hydrogen-bond acceptors (Lipinski definition) is 10. The smallest absolute Gasteiger partial charge is 0.475 e. The Morgan fingerprint density at radius 2 is 1.76 bits per heavy atom. The third kappa shape index (κ3) is 5.90. The fraction of sp³-hybridized carbons (Fsp3) is 0.167. The van der Waals surface area contributed by atoms with Gasteiger partial charge in [0.1, 0.15) is 10.5 Å². The Kier molecular flexibility index (Phi) is 7.62. The zero-order valence-corrected chi connectivity index (χ0v) is 19.9. The average Bonchev–Trinajstić information content (AvgIpc) is 3.49. The van der Waals surface area contributed by atoms with E-state index in [4.69, 9.17) is 20.8 Å². The number of aromatic amines is 2. The normalized spacial score (nSPS) is 12.2. The Morgan fingerprint density at radius 3 is 2.30 bits per heavy atom. The van der Waals surface area contributed by atoms with E-state index in [1.165, 1.54) is 18.3 Å². The number of rotatable bonds is 6. The maximum absolute atomic E-state index is 12.8. The molecule has 3 heterocycles. The summed E-state index contributed by atoms with van der Waals surface area (Å²) in [5, 5.41) is 26.7. The van der Waals surface area contributed by atoms with Crippen LogP contribution >= 0.6 is 0 Å². The van der Waals surface area contributed by atoms with E-state index in [9.17, 15) is 30.0 Å². The third-order valence-electron chi connectivity index (χ3n) is 4.69. The van der Waals surface area contributed by atoms with Gasteiger partial charge in [0.2, 0.25) is 15.8 Å². The van der Waals surface area contributed by atoms with Gasteiger partial charge in [-0.2, -0.15) is 18.4 Å². The molecule has 37 heavy (non-hydrogen) atoms. The molecular weight excluding hydrogens is 545 g/mol. The molecule has 7 N–H and O–H groups in total. The number of nitrogens with zero attached hydrogens (tertiary/aromatic N) is 4. The summed E-state index contributed by atoms with van der Waals surface area (Å²) < 4.78 is 82.4. The molecule has 3 aromatic heterocycles. The third-order valence-corrected chi connectivity index (χ3v) is 7.60. The molecule has 4 rings (SSSR count). The molecule has 0 aliphatic rings. The summed E-state index contributed by atoms with van der Waals surface area (Å²) >= 11 is 0. The number of primary sulfonamides is 1. The Balaban J connectivity index is 0.000000479. The van der Waals surface area contributed by atoms with E-state index < -0.39 is 47.5 Å². The van der Waals surface area contributed by atoms with Crippen LogP contribution in [0.5, 0.6) is 0 Å². The maximum atomic E-state index is 12.8. The lowest BCUT2D eigenvalue weighted by Crippen LogP contribution is -2.22. The van der Waals surface area contributed by atoms with Crippen LogP contribution in [0.2, 0.25) is 0 Å². The number of hydrogen-bond donors (Lipinski definition) is 5. The predicted molar refractivity (Wildman–Crippen MR) is 121 cm³/mol. The van der Waals surface area contributed by atoms with E-state index >= 15 is 0 Å². The predicted octanol–water partition coefficient (Wildman–Crippen LogP) is 0.423. The van der Waals surface area contributed by atoms with Crippen molar-refractivity contribution in [3.8, 4) is 22.5 Å². The van der Waals surface area contributed by atoms with Gasteiger partial charge in [-0.3, -0.25) is 0 Å². The van der Waals surface area contributed by atoms with E-state index in [2.05, 4.69) is 30.6 Å². The van der Waals surface area contributed by atoms with Crippen molar-refractivity contribution < 1.29 is 39.9 Å². The fourth-order valence-electron chi connectivity index (χ4n) is 3.27. The van der Waals surface area contributed by atoms with E-state index in [1.54, 1.807) is 18.3 Å². The van der Waals surface area contributed by atoms with Crippen LogP contribution in [-0.4, -0.2) is 77.0 Å². The molecule has 0 aliphatic carbocycles. The summed E-state index contributed by atoms with van der Waals surface area (Å²) in [6, 6.07) is 6.09. The molecule has 0 spiro atoms. The second-order valence-electron chi connectivity index (χ2n) is 7.10. The number of tetrazole rings is 1. The van der Waals surface area contributed by atoms with Crippen molar-refractivity contribution in [1.29, 1.82) is 0 Å². The van der Waals surface area contributed by atoms with Crippen LogP contribution in [0.1, 0.15) is 0 Å². The van der Waals surface area contributed by atoms with Crippen molar-refractivity contribution in [3.05, 3.63) is 36.7 Å². The number of fused-ring (bicyclic) bond motifs is 1. The number of pyridine rings is 1. The van der Waals surface area contributed by atoms with E-state index in [1.807, 2.05) is 0 Å². The Hall–Kier alpha value is -3.94. The Bertz CT molecular complexity index is 1650. The minimum Gasteiger partial charge on any atom is -0.475 e. The van der Waals surface area contributed by atoms with Crippen molar-refractivity contribution >= 4 is 36.9 Å². The number of carboxylic acids is 1. The van der Waals surface area contributed by atoms with Crippen LogP contribution in [0.3, 0.4) is 0 Å². The SMILES string of the molecule is NCCS(=O)(=O)c1ccc(-c2ccnc3[nH]ccc23)c(-c2nn[nH]n2)c1S(N)(=O)=O.O=C(O)C(F)(F)F. The minimum atomic E-state index is -5.08. The molecule has 0 fully saturated rings. The van der Waals surface area contributed by atoms with Crippen LogP contribution in [-0.2, 0) is 24.7 Å². The van der Waals surface area contributed by atoms with Crippen LogP contribution in [0.25, 0.3) is 33.5 Å². The lowest BCUT2D eigenvalue weighted by atomic mass is 9.97. The number of halogens is 3. The van der Waals surface area contributed by atoms with Gasteiger partial charge in [0.15, 0.2) is 9.84 Å². The number of sulfonamides is 1. The van der Waals surface area contributed by atoms with Gasteiger partial charge < -0.3 is 15.8 Å². The number of carboxylic acid groups (broad SMARTS) is 1. The summed E-state index contributed by atoms with van der Waals surface area (Å²) in [6.07, 6.45) is -1.88. The molecule has 0 aliphatic heterocycles. The van der Waals surface area contributed by atoms with Crippen molar-refractivity contribution in [2.24, 2.45) is 10.9 Å². The molecule has 19 heteroatoms. The second-order valence-corrected chi connectivity index (χ2v) is 10.7. The van der Waals surface area contributed by atoms with Gasteiger partial charge in [-0.25, -0.2) is 31.8 Å². The highest BCUT2D eigenvalue weighted by atomic mass is 32.2. The molecule has 14 nitrogen and oxygen atoms in total. The monoisotopic (exact) mass is 562 g/mol. The summed E-state index contributed by atoms with van der Waals surface area (Å²) in [7, 11) is -8.58. The van der Waals surface area contributed by atoms with Crippen molar-refractivity contribution in [2.45, 2.75) is 16.0 Å². The highest BCUT2D eigenvalue weighted by Gasteiger charge is 2.38. The van der Waals surface area contributed by atoms with Gasteiger partial charge in [-0.15, -0.1) is 10.2 Å². The number of alkyl halides is 3. The first kappa shape index (κ1) is 27.6. The quantitative estimate of drug-likeness (QED) is 0.216. The van der Waals surface area contributed by atoms with E-state index in [0.29, 0.717) is 22.2 Å². The molecular formula is C18H17F3N8O6S2. The number of benzene rings is 1. The van der Waals surface area contributed by atoms with Crippen molar-refractivity contribution in [3.63, 3.8) is 0 Å². The number of H-pyrrole nitrogens is 2. The number of nitrogens with two attached hydrogens (primary N) is 2. The van der Waals surface area contributed by atoms with Gasteiger partial charge in [0, 0.05) is 24.3 Å². The first-order valence-electron chi connectivity index (χ1n) is 9.77. The number of sulfone groups is 1. The molecule has 0 unspecified atom stereocenters. The summed E-state index contributed by atoms with van der Waals surface area (Å²) in [4.78, 5) is 15.0. The summed E-state index contributed by atoms with van der Waals surface area (Å²) in [5.41, 5.74) is 6.80. The van der Waals surface area contributed by atoms with Gasteiger partial charge in [-0.05, 0) is 34.5 Å². The molecule has 0 amide bonds. The molecule has 1 aromatic carbocycles. The highest BCUT2D eigenvalue weighted by Crippen LogP contribution is 2.40. The highest BCUT2D eigenvalue weighted by molar-refractivity contribution is 7.93. The van der Waals surface area contributed by atoms with E-state index in [-0.39, 0.29) is 17.9 Å². The number of aliphatic carboxylic acids is 1. The zero-order chi connectivity index (χ0) is 27.6. The molecule has 198 valence electrons. The van der Waals surface area contributed by atoms with Crippen LogP contribution < -0.4 is 10.9 Å². The van der Waals surface area contributed by atoms with Gasteiger partial charge in [0.05, 0.1) is 16.2 Å². The molecule has 0 atom stereocenters. The Labute approximate surface area is 205 Å². The number of carbonyl (C=O) groups is 1. The second kappa shape index (κ2) is 10.2. The van der Waals surface area contributed by atoms with Crippen molar-refractivity contribution in [1.82, 2.24) is 30.6 Å². The van der Waals surface area contributed by atoms with Crippen LogP contribution in [0, 0.1) is 0 Å². The molecule has 4 aromatic rings. The maximum Gasteiger partial charge on any atom is 0.490 e. The largest absolute Gasteiger partial charge is 0.490 e. The summed E-state index contributed by atoms with van der Waals surface area (Å²) in [6.45, 7) is -0.194. The lowest BCUT2D eigenvalue weighted by Gasteiger charge is -2.16. The summed E-state index contributed by atoms with van der Waals surface area (Å²) in [5.74, 6) is -3.34. The fourth-order valence-corrected chi connectivity index (χ4v) is 6.02. The topological polar surface area (TPSA) is 241 Å². The van der Waals surface area contributed by atoms with E-state index in [0.717, 1.165) is 0 Å². The van der Waals surface area contributed by atoms with Crippen molar-refractivity contribution in [2.75, 3.05) is 12.3 Å².